The van der Waals surface area contributed by atoms with Crippen LogP contribution >= 0.6 is 15.9 Å². The highest BCUT2D eigenvalue weighted by Gasteiger charge is 2.17. The van der Waals surface area contributed by atoms with Crippen LogP contribution in [-0.4, -0.2) is 36.2 Å². The van der Waals surface area contributed by atoms with Crippen LogP contribution in [-0.2, 0) is 4.74 Å². The van der Waals surface area contributed by atoms with Gasteiger partial charge in [0.05, 0.1) is 11.9 Å². The molecule has 1 saturated heterocycles. The lowest BCUT2D eigenvalue weighted by Crippen LogP contribution is -2.18. The fourth-order valence-corrected chi connectivity index (χ4v) is 2.80. The third-order valence-electron chi connectivity index (χ3n) is 3.53. The van der Waals surface area contributed by atoms with E-state index in [9.17, 15) is 0 Å². The number of rotatable bonds is 2. The quantitative estimate of drug-likeness (QED) is 0.711. The molecule has 0 bridgehead atoms. The van der Waals surface area contributed by atoms with Gasteiger partial charge in [0.2, 0.25) is 4.73 Å². The monoisotopic (exact) mass is 348 g/mol. The molecule has 1 unspecified atom stereocenters. The zero-order valence-corrected chi connectivity index (χ0v) is 12.8. The topological polar surface area (TPSA) is 70.1 Å². The molecule has 108 valence electrons. The Bertz CT molecular complexity index is 776. The number of ether oxygens (including phenoxy) is 1. The van der Waals surface area contributed by atoms with Crippen LogP contribution in [0.25, 0.3) is 16.9 Å². The van der Waals surface area contributed by atoms with Crippen molar-refractivity contribution in [3.05, 3.63) is 29.3 Å². The maximum Gasteiger partial charge on any atom is 0.220 e. The lowest BCUT2D eigenvalue weighted by atomic mass is 10.2. The second kappa shape index (κ2) is 5.19. The number of fused-ring (bicyclic) bond motifs is 1. The molecule has 3 aromatic rings. The van der Waals surface area contributed by atoms with E-state index in [0.29, 0.717) is 10.4 Å². The third-order valence-corrected chi connectivity index (χ3v) is 3.87. The molecule has 0 aliphatic carbocycles. The van der Waals surface area contributed by atoms with E-state index in [2.05, 4.69) is 36.2 Å². The van der Waals surface area contributed by atoms with E-state index in [0.717, 1.165) is 30.7 Å². The second-order valence-electron chi connectivity index (χ2n) is 4.98. The lowest BCUT2D eigenvalue weighted by Gasteiger charge is -2.22. The minimum atomic E-state index is 0.0387. The van der Waals surface area contributed by atoms with Crippen LogP contribution in [0.1, 0.15) is 25.5 Å². The highest BCUT2D eigenvalue weighted by atomic mass is 79.9. The predicted octanol–water partition coefficient (Wildman–Crippen LogP) is 2.45. The van der Waals surface area contributed by atoms with Crippen molar-refractivity contribution >= 4 is 21.6 Å². The number of hydrogen-bond donors (Lipinski definition) is 0. The Morgan fingerprint density at radius 3 is 3.05 bits per heavy atom. The molecular weight excluding hydrogens is 336 g/mol. The largest absolute Gasteiger partial charge is 0.357 e. The van der Waals surface area contributed by atoms with E-state index in [1.165, 1.54) is 11.1 Å². The maximum absolute atomic E-state index is 5.73. The van der Waals surface area contributed by atoms with Crippen molar-refractivity contribution in [2.75, 3.05) is 6.61 Å². The normalized spacial score (nSPS) is 19.2. The summed E-state index contributed by atoms with van der Waals surface area (Å²) in [6, 6.07) is 3.80. The van der Waals surface area contributed by atoms with E-state index in [4.69, 9.17) is 4.74 Å². The predicted molar refractivity (Wildman–Crippen MR) is 78.5 cm³/mol. The van der Waals surface area contributed by atoms with Gasteiger partial charge in [-0.15, -0.1) is 14.8 Å². The van der Waals surface area contributed by atoms with Gasteiger partial charge in [-0.25, -0.2) is 4.68 Å². The Morgan fingerprint density at radius 1 is 1.24 bits per heavy atom. The Balaban J connectivity index is 1.66. The number of nitrogens with zero attached hydrogens (tertiary/aromatic N) is 6. The first-order chi connectivity index (χ1) is 10.3. The van der Waals surface area contributed by atoms with Crippen LogP contribution in [0, 0.1) is 0 Å². The molecule has 21 heavy (non-hydrogen) atoms. The Morgan fingerprint density at radius 2 is 2.19 bits per heavy atom. The Hall–Kier alpha value is -1.80. The van der Waals surface area contributed by atoms with Crippen molar-refractivity contribution in [1.29, 1.82) is 0 Å². The van der Waals surface area contributed by atoms with Crippen LogP contribution in [0.2, 0.25) is 0 Å². The fourth-order valence-electron chi connectivity index (χ4n) is 2.47. The summed E-state index contributed by atoms with van der Waals surface area (Å²) in [5.74, 6) is 0. The summed E-state index contributed by atoms with van der Waals surface area (Å²) >= 11 is 3.25. The standard InChI is InChI=1S/C13H13BrN6O/c14-13-16-11-5-4-10(17-20(11)18-13)9-7-15-19(8-9)12-3-1-2-6-21-12/h4-5,7-8,12H,1-3,6H2. The van der Waals surface area contributed by atoms with Gasteiger partial charge in [0.1, 0.15) is 6.23 Å². The van der Waals surface area contributed by atoms with Crippen molar-refractivity contribution < 1.29 is 4.74 Å². The van der Waals surface area contributed by atoms with Gasteiger partial charge in [0.15, 0.2) is 5.65 Å². The van der Waals surface area contributed by atoms with Gasteiger partial charge < -0.3 is 4.74 Å². The first-order valence-electron chi connectivity index (χ1n) is 6.85. The molecule has 3 aromatic heterocycles. The molecule has 1 fully saturated rings. The van der Waals surface area contributed by atoms with Crippen LogP contribution in [0.5, 0.6) is 0 Å². The average Bonchev–Trinajstić information content (AvgIpc) is 3.12. The van der Waals surface area contributed by atoms with Gasteiger partial charge in [-0.1, -0.05) is 0 Å². The molecule has 0 N–H and O–H groups in total. The number of halogens is 1. The molecule has 1 aliphatic heterocycles. The van der Waals surface area contributed by atoms with Crippen molar-refractivity contribution in [3.63, 3.8) is 0 Å². The summed E-state index contributed by atoms with van der Waals surface area (Å²) in [7, 11) is 0. The Labute approximate surface area is 129 Å². The van der Waals surface area contributed by atoms with Crippen LogP contribution in [0.4, 0.5) is 0 Å². The molecule has 0 amide bonds. The van der Waals surface area contributed by atoms with E-state index in [1.807, 2.05) is 23.0 Å². The SMILES string of the molecule is Brc1nc2ccc(-c3cnn(C4CCCCO4)c3)nn2n1. The van der Waals surface area contributed by atoms with E-state index < -0.39 is 0 Å². The summed E-state index contributed by atoms with van der Waals surface area (Å²) in [4.78, 5) is 4.19. The molecule has 8 heteroatoms. The minimum Gasteiger partial charge on any atom is -0.357 e. The molecular formula is C13H13BrN6O. The first kappa shape index (κ1) is 12.9. The highest BCUT2D eigenvalue weighted by molar-refractivity contribution is 9.10. The summed E-state index contributed by atoms with van der Waals surface area (Å²) < 4.78 is 9.64. The molecule has 4 heterocycles. The van der Waals surface area contributed by atoms with Gasteiger partial charge in [0.25, 0.3) is 0 Å². The average molecular weight is 349 g/mol. The van der Waals surface area contributed by atoms with Crippen molar-refractivity contribution in [2.45, 2.75) is 25.5 Å². The first-order valence-corrected chi connectivity index (χ1v) is 7.65. The van der Waals surface area contributed by atoms with Crippen LogP contribution in [0.3, 0.4) is 0 Å². The third kappa shape index (κ3) is 2.44. The molecule has 4 rings (SSSR count). The van der Waals surface area contributed by atoms with Gasteiger partial charge >= 0.3 is 0 Å². The summed E-state index contributed by atoms with van der Waals surface area (Å²) in [5, 5.41) is 13.0. The Kier molecular flexibility index (Phi) is 3.19. The zero-order valence-electron chi connectivity index (χ0n) is 11.2. The van der Waals surface area contributed by atoms with Gasteiger partial charge in [-0.2, -0.15) is 10.1 Å². The summed E-state index contributed by atoms with van der Waals surface area (Å²) in [6.07, 6.45) is 7.12. The molecule has 0 saturated carbocycles. The smallest absolute Gasteiger partial charge is 0.220 e. The molecule has 1 atom stereocenters. The molecule has 0 radical (unpaired) electrons. The summed E-state index contributed by atoms with van der Waals surface area (Å²) in [5.41, 5.74) is 2.45. The zero-order chi connectivity index (χ0) is 14.2. The molecule has 7 nitrogen and oxygen atoms in total. The minimum absolute atomic E-state index is 0.0387. The fraction of sp³-hybridized carbons (Fsp3) is 0.385. The van der Waals surface area contributed by atoms with Crippen molar-refractivity contribution in [2.24, 2.45) is 0 Å². The van der Waals surface area contributed by atoms with Crippen LogP contribution < -0.4 is 0 Å². The molecule has 0 aromatic carbocycles. The maximum atomic E-state index is 5.73. The van der Waals surface area contributed by atoms with E-state index >= 15 is 0 Å². The van der Waals surface area contributed by atoms with Crippen LogP contribution in [0.15, 0.2) is 29.3 Å². The van der Waals surface area contributed by atoms with E-state index in [1.54, 1.807) is 6.20 Å². The van der Waals surface area contributed by atoms with Gasteiger partial charge in [-0.3, -0.25) is 0 Å². The second-order valence-corrected chi connectivity index (χ2v) is 5.69. The van der Waals surface area contributed by atoms with E-state index in [-0.39, 0.29) is 6.23 Å². The molecule has 0 spiro atoms. The van der Waals surface area contributed by atoms with Crippen molar-refractivity contribution in [3.8, 4) is 11.3 Å². The lowest BCUT2D eigenvalue weighted by molar-refractivity contribution is -0.0394. The van der Waals surface area contributed by atoms with Crippen molar-refractivity contribution in [1.82, 2.24) is 29.6 Å². The van der Waals surface area contributed by atoms with Gasteiger partial charge in [0, 0.05) is 18.4 Å². The molecule has 1 aliphatic rings. The highest BCUT2D eigenvalue weighted by Crippen LogP contribution is 2.24. The summed E-state index contributed by atoms with van der Waals surface area (Å²) in [6.45, 7) is 0.803. The van der Waals surface area contributed by atoms with Gasteiger partial charge in [-0.05, 0) is 47.3 Å². The number of aromatic nitrogens is 6. The number of hydrogen-bond acceptors (Lipinski definition) is 5.